The fraction of sp³-hybridized carbons (Fsp3) is 0.464. The predicted octanol–water partition coefficient (Wildman–Crippen LogP) is 0.643. The first-order valence-corrected chi connectivity index (χ1v) is 12.4. The van der Waals surface area contributed by atoms with E-state index < -0.39 is 48.4 Å². The van der Waals surface area contributed by atoms with Gasteiger partial charge in [0, 0.05) is 18.5 Å². The zero-order valence-electron chi connectivity index (χ0n) is 21.2. The van der Waals surface area contributed by atoms with Gasteiger partial charge in [-0.05, 0) is 6.92 Å². The molecule has 0 bridgehead atoms. The topological polar surface area (TPSA) is 146 Å². The third kappa shape index (κ3) is 7.68. The van der Waals surface area contributed by atoms with Gasteiger partial charge in [-0.15, -0.1) is 0 Å². The maximum Gasteiger partial charge on any atom is 0.247 e. The van der Waals surface area contributed by atoms with Crippen LogP contribution >= 0.6 is 0 Å². The number of nitrogens with two attached hydrogens (primary N) is 1. The van der Waals surface area contributed by atoms with Crippen molar-refractivity contribution in [1.82, 2.24) is 4.90 Å². The summed E-state index contributed by atoms with van der Waals surface area (Å²) < 4.78 is 11.4. The molecule has 0 aromatic rings. The van der Waals surface area contributed by atoms with Crippen LogP contribution in [-0.2, 0) is 14.3 Å². The monoisotopic (exact) mass is 514 g/mol. The van der Waals surface area contributed by atoms with Crippen molar-refractivity contribution in [1.29, 1.82) is 0 Å². The summed E-state index contributed by atoms with van der Waals surface area (Å²) in [4.78, 5) is 14.4. The highest BCUT2D eigenvalue weighted by molar-refractivity contribution is 5.88. The third-order valence-electron chi connectivity index (χ3n) is 6.61. The van der Waals surface area contributed by atoms with Gasteiger partial charge in [0.1, 0.15) is 23.9 Å². The highest BCUT2D eigenvalue weighted by Gasteiger charge is 2.41. The molecular formula is C28H38N2O7. The molecule has 3 aliphatic rings. The number of fused-ring (bicyclic) bond motifs is 1. The summed E-state index contributed by atoms with van der Waals surface area (Å²) in [5.74, 6) is -0.231. The molecule has 0 spiro atoms. The number of ether oxygens (including phenoxy) is 2. The first-order valence-electron chi connectivity index (χ1n) is 12.4. The van der Waals surface area contributed by atoms with Crippen molar-refractivity contribution in [2.45, 2.75) is 62.2 Å². The number of carbonyl (C=O) groups excluding carboxylic acids is 1. The molecule has 0 unspecified atom stereocenters. The number of hydrogen-bond acceptors (Lipinski definition) is 8. The van der Waals surface area contributed by atoms with E-state index in [1.807, 2.05) is 13.0 Å². The lowest BCUT2D eigenvalue weighted by Crippen LogP contribution is -2.59. The number of hydrogen-bond donors (Lipinski definition) is 5. The summed E-state index contributed by atoms with van der Waals surface area (Å²) in [6, 6.07) is -1.41. The van der Waals surface area contributed by atoms with Gasteiger partial charge in [-0.3, -0.25) is 4.79 Å². The maximum atomic E-state index is 12.7. The minimum atomic E-state index is -1.49. The summed E-state index contributed by atoms with van der Waals surface area (Å²) in [7, 11) is 0. The number of carbonyl (C=O) groups is 1. The lowest BCUT2D eigenvalue weighted by atomic mass is 9.96. The number of allylic oxidation sites excluding steroid dienone is 10. The molecule has 9 nitrogen and oxygen atoms in total. The van der Waals surface area contributed by atoms with E-state index in [4.69, 9.17) is 15.2 Å². The highest BCUT2D eigenvalue weighted by atomic mass is 16.7. The average Bonchev–Trinajstić information content (AvgIpc) is 3.14. The van der Waals surface area contributed by atoms with E-state index >= 15 is 0 Å². The third-order valence-corrected chi connectivity index (χ3v) is 6.61. The van der Waals surface area contributed by atoms with Gasteiger partial charge in [0.05, 0.1) is 24.8 Å². The Morgan fingerprint density at radius 3 is 2.32 bits per heavy atom. The molecule has 0 saturated carbocycles. The van der Waals surface area contributed by atoms with Crippen LogP contribution in [0, 0.1) is 5.92 Å². The molecule has 2 fully saturated rings. The van der Waals surface area contributed by atoms with E-state index in [1.54, 1.807) is 78.7 Å². The Morgan fingerprint density at radius 1 is 0.973 bits per heavy atom. The SMILES string of the molecule is C[C@H]1CN2C(=O)\C=C/C=C\C=C/[C@@](C)(O)[C@@H](O[C@@H]3OC[C@@H](O)[C@H](O)[C@H]3N)\C=C/C=C\C=C/C=C\[C@@H]2[C@@H]1O. The molecule has 2 saturated heterocycles. The first-order chi connectivity index (χ1) is 17.6. The molecule has 9 atom stereocenters. The Balaban J connectivity index is 1.83. The lowest BCUT2D eigenvalue weighted by Gasteiger charge is -2.39. The second-order valence-corrected chi connectivity index (χ2v) is 9.71. The molecule has 3 heterocycles. The summed E-state index contributed by atoms with van der Waals surface area (Å²) >= 11 is 0. The molecular weight excluding hydrogens is 476 g/mol. The minimum absolute atomic E-state index is 0.0309. The predicted molar refractivity (Wildman–Crippen MR) is 140 cm³/mol. The van der Waals surface area contributed by atoms with E-state index in [-0.39, 0.29) is 18.4 Å². The molecule has 0 aromatic heterocycles. The molecule has 0 aromatic carbocycles. The van der Waals surface area contributed by atoms with Crippen LogP contribution in [0.1, 0.15) is 13.8 Å². The second-order valence-electron chi connectivity index (χ2n) is 9.71. The van der Waals surface area contributed by atoms with Crippen LogP contribution in [0.15, 0.2) is 85.1 Å². The largest absolute Gasteiger partial charge is 0.390 e. The van der Waals surface area contributed by atoms with E-state index in [9.17, 15) is 25.2 Å². The van der Waals surface area contributed by atoms with Crippen molar-refractivity contribution in [3.05, 3.63) is 85.1 Å². The molecule has 9 heteroatoms. The Kier molecular flexibility index (Phi) is 10.4. The Labute approximate surface area is 217 Å². The standard InChI is InChI=1S/C28H38N2O7/c1-19-17-30-20(25(19)33)13-9-5-3-4-6-10-14-22(37-27-24(29)26(34)21(31)18-36-27)28(2,35)16-12-8-7-11-15-23(30)32/h3-16,19-22,24-27,31,33-35H,17-18,29H2,1-2H3/b5-3-,6-4-,8-7-,13-9-,14-10-,15-11-,16-12-/t19-,20+,21+,22-,24+,25+,26-,27-,28+/m0/s1. The second kappa shape index (κ2) is 13.3. The van der Waals surface area contributed by atoms with E-state index in [0.29, 0.717) is 6.54 Å². The van der Waals surface area contributed by atoms with Gasteiger partial charge in [0.25, 0.3) is 0 Å². The Hall–Kier alpha value is -2.63. The molecule has 37 heavy (non-hydrogen) atoms. The van der Waals surface area contributed by atoms with Crippen molar-refractivity contribution < 1.29 is 34.7 Å². The molecule has 0 radical (unpaired) electrons. The molecule has 6 N–H and O–H groups in total. The fourth-order valence-electron chi connectivity index (χ4n) is 4.30. The van der Waals surface area contributed by atoms with Crippen LogP contribution < -0.4 is 5.73 Å². The molecule has 3 aliphatic heterocycles. The zero-order valence-corrected chi connectivity index (χ0v) is 21.2. The van der Waals surface area contributed by atoms with Crippen LogP contribution in [-0.4, -0.2) is 92.8 Å². The number of rotatable bonds is 2. The van der Waals surface area contributed by atoms with Gasteiger partial charge in [-0.1, -0.05) is 85.9 Å². The number of nitrogens with zero attached hydrogens (tertiary/aromatic N) is 1. The molecule has 0 aliphatic carbocycles. The number of amides is 1. The van der Waals surface area contributed by atoms with Crippen LogP contribution in [0.4, 0.5) is 0 Å². The van der Waals surface area contributed by atoms with Crippen LogP contribution in [0.5, 0.6) is 0 Å². The fourth-order valence-corrected chi connectivity index (χ4v) is 4.30. The summed E-state index contributed by atoms with van der Waals surface area (Å²) in [5, 5.41) is 41.5. The van der Waals surface area contributed by atoms with Crippen LogP contribution in [0.2, 0.25) is 0 Å². The summed E-state index contributed by atoms with van der Waals surface area (Å²) in [5.41, 5.74) is 4.49. The van der Waals surface area contributed by atoms with E-state index in [1.165, 1.54) is 12.2 Å². The Morgan fingerprint density at radius 2 is 1.59 bits per heavy atom. The normalized spacial score (nSPS) is 45.5. The molecule has 202 valence electrons. The van der Waals surface area contributed by atoms with Crippen molar-refractivity contribution in [2.75, 3.05) is 13.2 Å². The summed E-state index contributed by atoms with van der Waals surface area (Å²) in [6.07, 6.45) is 18.7. The zero-order chi connectivity index (χ0) is 27.0. The smallest absolute Gasteiger partial charge is 0.247 e. The van der Waals surface area contributed by atoms with Crippen molar-refractivity contribution >= 4 is 5.91 Å². The average molecular weight is 515 g/mol. The van der Waals surface area contributed by atoms with Gasteiger partial charge in [-0.2, -0.15) is 0 Å². The summed E-state index contributed by atoms with van der Waals surface area (Å²) in [6.45, 7) is 3.79. The first kappa shape index (κ1) is 28.9. The van der Waals surface area contributed by atoms with Crippen molar-refractivity contribution in [3.8, 4) is 0 Å². The number of aliphatic hydroxyl groups is 4. The van der Waals surface area contributed by atoms with Gasteiger partial charge in [0.15, 0.2) is 6.29 Å². The maximum absolute atomic E-state index is 12.7. The van der Waals surface area contributed by atoms with Crippen LogP contribution in [0.3, 0.4) is 0 Å². The number of aliphatic hydroxyl groups excluding tert-OH is 3. The minimum Gasteiger partial charge on any atom is -0.390 e. The molecule has 3 rings (SSSR count). The van der Waals surface area contributed by atoms with E-state index in [2.05, 4.69) is 0 Å². The van der Waals surface area contributed by atoms with Crippen molar-refractivity contribution in [2.24, 2.45) is 11.7 Å². The molecule has 1 amide bonds. The lowest BCUT2D eigenvalue weighted by molar-refractivity contribution is -0.251. The van der Waals surface area contributed by atoms with Gasteiger partial charge >= 0.3 is 0 Å². The highest BCUT2D eigenvalue weighted by Crippen LogP contribution is 2.26. The van der Waals surface area contributed by atoms with Gasteiger partial charge in [-0.25, -0.2) is 0 Å². The van der Waals surface area contributed by atoms with Gasteiger partial charge in [0.2, 0.25) is 5.91 Å². The van der Waals surface area contributed by atoms with Crippen LogP contribution in [0.25, 0.3) is 0 Å². The van der Waals surface area contributed by atoms with E-state index in [0.717, 1.165) is 0 Å². The van der Waals surface area contributed by atoms with Gasteiger partial charge < -0.3 is 40.5 Å². The quantitative estimate of drug-likeness (QED) is 0.361. The van der Waals surface area contributed by atoms with Crippen molar-refractivity contribution in [3.63, 3.8) is 0 Å². The Bertz CT molecular complexity index is 981.